The predicted molar refractivity (Wildman–Crippen MR) is 274 cm³/mol. The predicted octanol–water partition coefficient (Wildman–Crippen LogP) is 15.1. The first-order chi connectivity index (χ1) is 32.1. The summed E-state index contributed by atoms with van der Waals surface area (Å²) in [5.41, 5.74) is 0. The van der Waals surface area contributed by atoms with E-state index in [1.165, 1.54) is 225 Å². The second-order valence-corrected chi connectivity index (χ2v) is 21.0. The van der Waals surface area contributed by atoms with Gasteiger partial charge in [0, 0.05) is 12.8 Å². The molecule has 0 aromatic heterocycles. The average molecular weight is 939 g/mol. The van der Waals surface area contributed by atoms with Crippen LogP contribution in [0, 0.1) is 0 Å². The number of ether oxygens (including phenoxy) is 4. The zero-order chi connectivity index (χ0) is 48.4. The molecule has 0 N–H and O–H groups in total. The van der Waals surface area contributed by atoms with Crippen LogP contribution in [0.15, 0.2) is 0 Å². The fraction of sp³-hybridized carbons (Fsp3) is 0.947. The van der Waals surface area contributed by atoms with Crippen LogP contribution < -0.4 is 5.11 Å². The van der Waals surface area contributed by atoms with Crippen LogP contribution in [0.3, 0.4) is 0 Å². The van der Waals surface area contributed by atoms with E-state index in [9.17, 15) is 19.5 Å². The quantitative estimate of drug-likeness (QED) is 0.0257. The summed E-state index contributed by atoms with van der Waals surface area (Å²) < 4.78 is 22.7. The third-order valence-corrected chi connectivity index (χ3v) is 13.1. The van der Waals surface area contributed by atoms with E-state index in [2.05, 4.69) is 13.8 Å². The molecule has 0 bridgehead atoms. The van der Waals surface area contributed by atoms with Gasteiger partial charge in [-0.05, 0) is 12.8 Å². The standard InChI is InChI=1S/C57H111NO8/c1-6-8-10-12-14-16-18-20-21-22-23-24-25-26-27-28-29-30-31-32-33-34-36-38-40-42-44-46-48-55(60)66-53(52-65-57(56(61)62)63-50-49-58(3,4)5)51-64-54(59)47-45-43-41-39-37-35-19-17-15-13-11-9-7-2/h53,57H,6-52H2,1-5H3. The van der Waals surface area contributed by atoms with Gasteiger partial charge in [0.2, 0.25) is 0 Å². The topological polar surface area (TPSA) is 111 Å². The van der Waals surface area contributed by atoms with Gasteiger partial charge in [-0.2, -0.15) is 0 Å². The van der Waals surface area contributed by atoms with Crippen LogP contribution in [0.4, 0.5) is 0 Å². The van der Waals surface area contributed by atoms with Gasteiger partial charge in [-0.25, -0.2) is 0 Å². The number of hydrogen-bond donors (Lipinski definition) is 0. The lowest BCUT2D eigenvalue weighted by Crippen LogP contribution is -2.44. The van der Waals surface area contributed by atoms with E-state index >= 15 is 0 Å². The maximum Gasteiger partial charge on any atom is 0.306 e. The summed E-state index contributed by atoms with van der Waals surface area (Å²) in [6, 6.07) is 0. The van der Waals surface area contributed by atoms with E-state index < -0.39 is 24.3 Å². The van der Waals surface area contributed by atoms with Crippen molar-refractivity contribution >= 4 is 17.9 Å². The highest BCUT2D eigenvalue weighted by molar-refractivity contribution is 5.70. The molecular formula is C57H111NO8. The van der Waals surface area contributed by atoms with Gasteiger partial charge < -0.3 is 33.3 Å². The molecule has 0 amide bonds. The number of unbranched alkanes of at least 4 members (excludes halogenated alkanes) is 39. The van der Waals surface area contributed by atoms with Crippen LogP contribution in [-0.2, 0) is 33.3 Å². The number of quaternary nitrogens is 1. The van der Waals surface area contributed by atoms with E-state index in [1.54, 1.807) is 0 Å². The molecule has 392 valence electrons. The molecule has 0 saturated heterocycles. The summed E-state index contributed by atoms with van der Waals surface area (Å²) in [4.78, 5) is 37.2. The van der Waals surface area contributed by atoms with Crippen molar-refractivity contribution in [2.45, 2.75) is 302 Å². The number of nitrogens with zero attached hydrogens (tertiary/aromatic N) is 1. The number of esters is 2. The lowest BCUT2D eigenvalue weighted by atomic mass is 10.0. The fourth-order valence-corrected chi connectivity index (χ4v) is 8.66. The Kier molecular flexibility index (Phi) is 48.4. The highest BCUT2D eigenvalue weighted by atomic mass is 16.7. The molecule has 0 radical (unpaired) electrons. The van der Waals surface area contributed by atoms with Crippen molar-refractivity contribution in [1.82, 2.24) is 0 Å². The molecule has 2 unspecified atom stereocenters. The molecule has 0 heterocycles. The molecule has 0 saturated carbocycles. The summed E-state index contributed by atoms with van der Waals surface area (Å²) in [5, 5.41) is 11.7. The molecule has 9 nitrogen and oxygen atoms in total. The normalized spacial score (nSPS) is 12.7. The zero-order valence-electron chi connectivity index (χ0n) is 44.6. The zero-order valence-corrected chi connectivity index (χ0v) is 44.6. The van der Waals surface area contributed by atoms with Crippen molar-refractivity contribution in [3.05, 3.63) is 0 Å². The van der Waals surface area contributed by atoms with Gasteiger partial charge in [-0.1, -0.05) is 264 Å². The molecule has 0 aliphatic carbocycles. The van der Waals surface area contributed by atoms with E-state index in [-0.39, 0.29) is 32.2 Å². The minimum absolute atomic E-state index is 0.153. The monoisotopic (exact) mass is 938 g/mol. The smallest absolute Gasteiger partial charge is 0.306 e. The van der Waals surface area contributed by atoms with E-state index in [0.717, 1.165) is 38.5 Å². The van der Waals surface area contributed by atoms with E-state index in [0.29, 0.717) is 17.4 Å². The summed E-state index contributed by atoms with van der Waals surface area (Å²) in [5.74, 6) is -2.26. The fourth-order valence-electron chi connectivity index (χ4n) is 8.66. The first kappa shape index (κ1) is 64.3. The number of likely N-dealkylation sites (N-methyl/N-ethyl adjacent to an activating group) is 1. The van der Waals surface area contributed by atoms with E-state index in [4.69, 9.17) is 18.9 Å². The summed E-state index contributed by atoms with van der Waals surface area (Å²) in [6.45, 7) is 4.80. The summed E-state index contributed by atoms with van der Waals surface area (Å²) in [6.07, 6.45) is 51.6. The molecular weight excluding hydrogens is 827 g/mol. The number of carboxylic acid groups (broad SMARTS) is 1. The largest absolute Gasteiger partial charge is 0.545 e. The van der Waals surface area contributed by atoms with Crippen LogP contribution in [0.25, 0.3) is 0 Å². The minimum Gasteiger partial charge on any atom is -0.545 e. The second kappa shape index (κ2) is 49.7. The number of carbonyl (C=O) groups excluding carboxylic acids is 3. The molecule has 66 heavy (non-hydrogen) atoms. The molecule has 0 aromatic carbocycles. The molecule has 0 fully saturated rings. The molecule has 2 atom stereocenters. The Balaban J connectivity index is 4.09. The maximum absolute atomic E-state index is 12.8. The molecule has 0 aliphatic heterocycles. The Morgan fingerprint density at radius 3 is 0.970 bits per heavy atom. The Morgan fingerprint density at radius 1 is 0.394 bits per heavy atom. The first-order valence-corrected chi connectivity index (χ1v) is 28.7. The highest BCUT2D eigenvalue weighted by Crippen LogP contribution is 2.18. The van der Waals surface area contributed by atoms with Gasteiger partial charge in [0.25, 0.3) is 0 Å². The summed E-state index contributed by atoms with van der Waals surface area (Å²) >= 11 is 0. The van der Waals surface area contributed by atoms with Crippen molar-refractivity contribution in [1.29, 1.82) is 0 Å². The molecule has 9 heteroatoms. The maximum atomic E-state index is 12.8. The number of aliphatic carboxylic acids is 1. The van der Waals surface area contributed by atoms with Gasteiger partial charge in [0.05, 0.1) is 40.3 Å². The molecule has 0 spiro atoms. The summed E-state index contributed by atoms with van der Waals surface area (Å²) in [7, 11) is 5.93. The third kappa shape index (κ3) is 50.2. The number of rotatable bonds is 54. The SMILES string of the molecule is CCCCCCCCCCCCCCCCCCCCCCCCCCCCCCC(=O)OC(COC(=O)CCCCCCCCCCCCCCC)COC(OCC[N+](C)(C)C)C(=O)[O-]. The third-order valence-electron chi connectivity index (χ3n) is 13.1. The van der Waals surface area contributed by atoms with Crippen LogP contribution in [-0.4, -0.2) is 82.3 Å². The Labute approximate surface area is 409 Å². The van der Waals surface area contributed by atoms with Crippen molar-refractivity contribution in [2.75, 3.05) is 47.5 Å². The van der Waals surface area contributed by atoms with Crippen LogP contribution >= 0.6 is 0 Å². The molecule has 0 aromatic rings. The second-order valence-electron chi connectivity index (χ2n) is 21.0. The number of carboxylic acids is 1. The Bertz CT molecular complexity index is 1050. The van der Waals surface area contributed by atoms with Crippen molar-refractivity contribution in [2.24, 2.45) is 0 Å². The van der Waals surface area contributed by atoms with Gasteiger partial charge in [-0.3, -0.25) is 9.59 Å². The first-order valence-electron chi connectivity index (χ1n) is 28.7. The Hall–Kier alpha value is -1.71. The van der Waals surface area contributed by atoms with Crippen LogP contribution in [0.2, 0.25) is 0 Å². The lowest BCUT2D eigenvalue weighted by molar-refractivity contribution is -0.870. The van der Waals surface area contributed by atoms with Gasteiger partial charge >= 0.3 is 11.9 Å². The van der Waals surface area contributed by atoms with Gasteiger partial charge in [0.1, 0.15) is 13.2 Å². The number of carbonyl (C=O) groups is 3. The lowest BCUT2D eigenvalue weighted by Gasteiger charge is -2.26. The van der Waals surface area contributed by atoms with Gasteiger partial charge in [-0.15, -0.1) is 0 Å². The van der Waals surface area contributed by atoms with Crippen molar-refractivity contribution in [3.63, 3.8) is 0 Å². The van der Waals surface area contributed by atoms with Crippen molar-refractivity contribution < 1.29 is 42.9 Å². The van der Waals surface area contributed by atoms with Crippen LogP contribution in [0.1, 0.15) is 290 Å². The highest BCUT2D eigenvalue weighted by Gasteiger charge is 2.22. The van der Waals surface area contributed by atoms with Crippen molar-refractivity contribution in [3.8, 4) is 0 Å². The van der Waals surface area contributed by atoms with Gasteiger partial charge in [0.15, 0.2) is 12.4 Å². The Morgan fingerprint density at radius 2 is 0.682 bits per heavy atom. The van der Waals surface area contributed by atoms with Crippen LogP contribution in [0.5, 0.6) is 0 Å². The molecule has 0 aliphatic rings. The minimum atomic E-state index is -1.61. The van der Waals surface area contributed by atoms with E-state index in [1.807, 2.05) is 21.1 Å². The number of hydrogen-bond acceptors (Lipinski definition) is 8. The average Bonchev–Trinajstić information content (AvgIpc) is 3.28. The molecule has 0 rings (SSSR count).